The van der Waals surface area contributed by atoms with Gasteiger partial charge in [-0.2, -0.15) is 0 Å². The van der Waals surface area contributed by atoms with Gasteiger partial charge in [0, 0.05) is 13.1 Å². The smallest absolute Gasteiger partial charge is 0.239 e. The maximum atomic E-state index is 12.1. The first-order valence-electron chi connectivity index (χ1n) is 6.59. The Morgan fingerprint density at radius 3 is 2.44 bits per heavy atom. The Hall–Kier alpha value is -0.570. The third-order valence-corrected chi connectivity index (χ3v) is 3.37. The van der Waals surface area contributed by atoms with Gasteiger partial charge < -0.3 is 10.6 Å². The third kappa shape index (κ3) is 3.78. The summed E-state index contributed by atoms with van der Waals surface area (Å²) in [6.45, 7) is 8.34. The molecule has 0 radical (unpaired) electrons. The van der Waals surface area contributed by atoms with E-state index in [4.69, 9.17) is 5.73 Å². The zero-order chi connectivity index (χ0) is 12.1. The van der Waals surface area contributed by atoms with Crippen LogP contribution in [0.4, 0.5) is 0 Å². The number of piperidine rings is 1. The standard InChI is InChI=1S/C13H26N2O/c1-4-5-6-12(14)13(16)15-8-10(2)7-11(3)9-15/h10-12H,4-9,14H2,1-3H3/t10?,11?,12-/m0/s1. The van der Waals surface area contributed by atoms with E-state index in [1.54, 1.807) is 0 Å². The zero-order valence-electron chi connectivity index (χ0n) is 10.9. The van der Waals surface area contributed by atoms with Crippen LogP contribution in [-0.4, -0.2) is 29.9 Å². The fraction of sp³-hybridized carbons (Fsp3) is 0.923. The molecule has 2 N–H and O–H groups in total. The Morgan fingerprint density at radius 2 is 1.94 bits per heavy atom. The van der Waals surface area contributed by atoms with Crippen LogP contribution in [0.25, 0.3) is 0 Å². The van der Waals surface area contributed by atoms with E-state index in [-0.39, 0.29) is 11.9 Å². The van der Waals surface area contributed by atoms with E-state index >= 15 is 0 Å². The number of nitrogens with two attached hydrogens (primary N) is 1. The van der Waals surface area contributed by atoms with Crippen molar-refractivity contribution in [2.75, 3.05) is 13.1 Å². The topological polar surface area (TPSA) is 46.3 Å². The molecule has 1 saturated heterocycles. The average molecular weight is 226 g/mol. The molecule has 1 aliphatic heterocycles. The van der Waals surface area contributed by atoms with Crippen molar-refractivity contribution in [3.63, 3.8) is 0 Å². The van der Waals surface area contributed by atoms with Crippen molar-refractivity contribution in [1.82, 2.24) is 4.90 Å². The first-order chi connectivity index (χ1) is 7.54. The minimum atomic E-state index is -0.280. The number of hydrogen-bond donors (Lipinski definition) is 1. The highest BCUT2D eigenvalue weighted by Crippen LogP contribution is 2.21. The molecule has 1 rings (SSSR count). The highest BCUT2D eigenvalue weighted by molar-refractivity contribution is 5.81. The van der Waals surface area contributed by atoms with Crippen LogP contribution in [0, 0.1) is 11.8 Å². The van der Waals surface area contributed by atoms with Gasteiger partial charge in [0.1, 0.15) is 0 Å². The SMILES string of the molecule is CCCC[C@H](N)C(=O)N1CC(C)CC(C)C1. The predicted molar refractivity (Wildman–Crippen MR) is 67.0 cm³/mol. The summed E-state index contributed by atoms with van der Waals surface area (Å²) in [7, 11) is 0. The Morgan fingerprint density at radius 1 is 1.38 bits per heavy atom. The molecule has 0 aromatic rings. The summed E-state index contributed by atoms with van der Waals surface area (Å²) in [6.07, 6.45) is 4.21. The average Bonchev–Trinajstić information content (AvgIpc) is 2.23. The van der Waals surface area contributed by atoms with E-state index in [0.717, 1.165) is 32.4 Å². The van der Waals surface area contributed by atoms with Gasteiger partial charge >= 0.3 is 0 Å². The molecule has 0 aromatic carbocycles. The van der Waals surface area contributed by atoms with Gasteiger partial charge in [-0.3, -0.25) is 4.79 Å². The second kappa shape index (κ2) is 6.24. The van der Waals surface area contributed by atoms with Gasteiger partial charge in [-0.1, -0.05) is 33.6 Å². The van der Waals surface area contributed by atoms with Crippen LogP contribution in [0.3, 0.4) is 0 Å². The first kappa shape index (κ1) is 13.5. The molecule has 1 aliphatic rings. The lowest BCUT2D eigenvalue weighted by Crippen LogP contribution is -2.49. The molecular formula is C13H26N2O. The lowest BCUT2D eigenvalue weighted by molar-refractivity contribution is -0.135. The summed E-state index contributed by atoms with van der Waals surface area (Å²) >= 11 is 0. The monoisotopic (exact) mass is 226 g/mol. The van der Waals surface area contributed by atoms with Gasteiger partial charge in [0.05, 0.1) is 6.04 Å². The summed E-state index contributed by atoms with van der Waals surface area (Å²) in [6, 6.07) is -0.280. The second-order valence-corrected chi connectivity index (χ2v) is 5.44. The van der Waals surface area contributed by atoms with Crippen LogP contribution in [0.2, 0.25) is 0 Å². The molecule has 16 heavy (non-hydrogen) atoms. The van der Waals surface area contributed by atoms with Crippen molar-refractivity contribution in [2.45, 2.75) is 52.5 Å². The number of carbonyl (C=O) groups excluding carboxylic acids is 1. The van der Waals surface area contributed by atoms with Crippen molar-refractivity contribution in [2.24, 2.45) is 17.6 Å². The molecule has 1 amide bonds. The number of carbonyl (C=O) groups is 1. The van der Waals surface area contributed by atoms with Crippen molar-refractivity contribution >= 4 is 5.91 Å². The maximum absolute atomic E-state index is 12.1. The fourth-order valence-corrected chi connectivity index (χ4v) is 2.62. The number of amides is 1. The molecular weight excluding hydrogens is 200 g/mol. The summed E-state index contributed by atoms with van der Waals surface area (Å²) in [5.74, 6) is 1.39. The molecule has 1 fully saturated rings. The second-order valence-electron chi connectivity index (χ2n) is 5.44. The summed E-state index contributed by atoms with van der Waals surface area (Å²) < 4.78 is 0. The van der Waals surface area contributed by atoms with Gasteiger partial charge in [-0.15, -0.1) is 0 Å². The van der Waals surface area contributed by atoms with Crippen LogP contribution < -0.4 is 5.73 Å². The molecule has 3 heteroatoms. The van der Waals surface area contributed by atoms with Crippen LogP contribution in [-0.2, 0) is 4.79 Å². The van der Waals surface area contributed by atoms with Crippen molar-refractivity contribution < 1.29 is 4.79 Å². The molecule has 94 valence electrons. The molecule has 3 atom stereocenters. The van der Waals surface area contributed by atoms with Gasteiger partial charge in [-0.25, -0.2) is 0 Å². The van der Waals surface area contributed by atoms with Gasteiger partial charge in [-0.05, 0) is 24.7 Å². The summed E-state index contributed by atoms with van der Waals surface area (Å²) in [4.78, 5) is 14.1. The molecule has 0 bridgehead atoms. The van der Waals surface area contributed by atoms with Crippen molar-refractivity contribution in [3.05, 3.63) is 0 Å². The van der Waals surface area contributed by atoms with E-state index in [0.29, 0.717) is 11.8 Å². The highest BCUT2D eigenvalue weighted by Gasteiger charge is 2.27. The molecule has 2 unspecified atom stereocenters. The van der Waals surface area contributed by atoms with Crippen molar-refractivity contribution in [3.8, 4) is 0 Å². The fourth-order valence-electron chi connectivity index (χ4n) is 2.62. The lowest BCUT2D eigenvalue weighted by atomic mass is 9.91. The highest BCUT2D eigenvalue weighted by atomic mass is 16.2. The molecule has 1 heterocycles. The number of hydrogen-bond acceptors (Lipinski definition) is 2. The Bertz CT molecular complexity index is 220. The number of likely N-dealkylation sites (tertiary alicyclic amines) is 1. The van der Waals surface area contributed by atoms with Crippen LogP contribution in [0.1, 0.15) is 46.5 Å². The number of nitrogens with zero attached hydrogens (tertiary/aromatic N) is 1. The molecule has 0 saturated carbocycles. The van der Waals surface area contributed by atoms with E-state index in [2.05, 4.69) is 20.8 Å². The van der Waals surface area contributed by atoms with Crippen LogP contribution in [0.15, 0.2) is 0 Å². The van der Waals surface area contributed by atoms with E-state index in [1.807, 2.05) is 4.90 Å². The largest absolute Gasteiger partial charge is 0.341 e. The molecule has 0 aliphatic carbocycles. The quantitative estimate of drug-likeness (QED) is 0.797. The summed E-state index contributed by atoms with van der Waals surface area (Å²) in [5, 5.41) is 0. The zero-order valence-corrected chi connectivity index (χ0v) is 10.9. The van der Waals surface area contributed by atoms with Gasteiger partial charge in [0.15, 0.2) is 0 Å². The molecule has 3 nitrogen and oxygen atoms in total. The van der Waals surface area contributed by atoms with E-state index in [1.165, 1.54) is 6.42 Å². The lowest BCUT2D eigenvalue weighted by Gasteiger charge is -2.36. The Labute approximate surface area is 99.4 Å². The normalized spacial score (nSPS) is 27.9. The minimum absolute atomic E-state index is 0.159. The van der Waals surface area contributed by atoms with E-state index < -0.39 is 0 Å². The third-order valence-electron chi connectivity index (χ3n) is 3.37. The maximum Gasteiger partial charge on any atom is 0.239 e. The molecule has 0 spiro atoms. The van der Waals surface area contributed by atoms with Gasteiger partial charge in [0.2, 0.25) is 5.91 Å². The molecule has 0 aromatic heterocycles. The van der Waals surface area contributed by atoms with Crippen LogP contribution in [0.5, 0.6) is 0 Å². The Balaban J connectivity index is 2.45. The summed E-state index contributed by atoms with van der Waals surface area (Å²) in [5.41, 5.74) is 5.93. The van der Waals surface area contributed by atoms with Gasteiger partial charge in [0.25, 0.3) is 0 Å². The van der Waals surface area contributed by atoms with Crippen LogP contribution >= 0.6 is 0 Å². The minimum Gasteiger partial charge on any atom is -0.341 e. The number of unbranched alkanes of at least 4 members (excludes halogenated alkanes) is 1. The predicted octanol–water partition coefficient (Wildman–Crippen LogP) is 2.01. The Kier molecular flexibility index (Phi) is 5.26. The number of rotatable bonds is 4. The first-order valence-corrected chi connectivity index (χ1v) is 6.59. The van der Waals surface area contributed by atoms with E-state index in [9.17, 15) is 4.79 Å². The van der Waals surface area contributed by atoms with Crippen molar-refractivity contribution in [1.29, 1.82) is 0 Å².